The zero-order valence-corrected chi connectivity index (χ0v) is 15.1. The predicted molar refractivity (Wildman–Crippen MR) is 102 cm³/mol. The number of fused-ring (bicyclic) bond motifs is 1. The third-order valence-corrected chi connectivity index (χ3v) is 3.77. The molecule has 2 aromatic heterocycles. The van der Waals surface area contributed by atoms with E-state index in [1.165, 1.54) is 0 Å². The summed E-state index contributed by atoms with van der Waals surface area (Å²) in [5.41, 5.74) is 1.30. The maximum atomic E-state index is 10.5. The number of para-hydroxylation sites is 1. The van der Waals surface area contributed by atoms with Crippen molar-refractivity contribution in [3.05, 3.63) is 24.3 Å². The monoisotopic (exact) mass is 354 g/mol. The average molecular weight is 354 g/mol. The van der Waals surface area contributed by atoms with Crippen LogP contribution in [0.4, 0.5) is 23.5 Å². The highest BCUT2D eigenvalue weighted by Gasteiger charge is 2.15. The molecule has 3 N–H and O–H groups in total. The molecule has 1 aromatic carbocycles. The van der Waals surface area contributed by atoms with E-state index in [0.717, 1.165) is 10.9 Å². The number of nitrogens with one attached hydrogen (secondary N) is 2. The molecule has 0 saturated carbocycles. The molecule has 2 heterocycles. The first-order valence-corrected chi connectivity index (χ1v) is 8.63. The van der Waals surface area contributed by atoms with Gasteiger partial charge in [0.25, 0.3) is 5.95 Å². The molecule has 0 radical (unpaired) electrons. The molecule has 0 saturated heterocycles. The van der Waals surface area contributed by atoms with E-state index in [2.05, 4.69) is 35.8 Å². The van der Waals surface area contributed by atoms with Crippen LogP contribution in [-0.4, -0.2) is 37.7 Å². The van der Waals surface area contributed by atoms with Gasteiger partial charge in [-0.2, -0.15) is 15.0 Å². The minimum Gasteiger partial charge on any atom is -0.493 e. The SMILES string of the molecule is CCNc1nc(N=Nc2c(O)n(CC)c3ccccc23)nc(NCC)n1. The lowest BCUT2D eigenvalue weighted by molar-refractivity contribution is 0.427. The second kappa shape index (κ2) is 7.77. The zero-order chi connectivity index (χ0) is 18.5. The molecule has 0 aliphatic heterocycles. The van der Waals surface area contributed by atoms with Crippen molar-refractivity contribution in [1.29, 1.82) is 0 Å². The van der Waals surface area contributed by atoms with E-state index in [4.69, 9.17) is 0 Å². The van der Waals surface area contributed by atoms with Gasteiger partial charge in [0.2, 0.25) is 17.8 Å². The molecule has 0 aliphatic carbocycles. The number of hydrogen-bond acceptors (Lipinski definition) is 8. The Labute approximate surface area is 151 Å². The second-order valence-electron chi connectivity index (χ2n) is 5.48. The van der Waals surface area contributed by atoms with Crippen LogP contribution in [0.3, 0.4) is 0 Å². The summed E-state index contributed by atoms with van der Waals surface area (Å²) in [5, 5.41) is 25.8. The van der Waals surface area contributed by atoms with Crippen molar-refractivity contribution in [3.8, 4) is 5.88 Å². The molecule has 0 fully saturated rings. The highest BCUT2D eigenvalue weighted by molar-refractivity contribution is 5.94. The van der Waals surface area contributed by atoms with E-state index in [-0.39, 0.29) is 11.8 Å². The van der Waals surface area contributed by atoms with E-state index in [1.807, 2.05) is 45.0 Å². The normalized spacial score (nSPS) is 11.3. The van der Waals surface area contributed by atoms with Gasteiger partial charge in [0.1, 0.15) is 0 Å². The number of rotatable bonds is 7. The number of benzene rings is 1. The third kappa shape index (κ3) is 3.41. The van der Waals surface area contributed by atoms with Crippen molar-refractivity contribution in [2.75, 3.05) is 23.7 Å². The maximum absolute atomic E-state index is 10.5. The van der Waals surface area contributed by atoms with Crippen LogP contribution in [0.25, 0.3) is 10.9 Å². The summed E-state index contributed by atoms with van der Waals surface area (Å²) in [4.78, 5) is 12.7. The lowest BCUT2D eigenvalue weighted by Crippen LogP contribution is -2.08. The number of aryl methyl sites for hydroxylation is 1. The third-order valence-electron chi connectivity index (χ3n) is 3.77. The molecule has 0 bridgehead atoms. The maximum Gasteiger partial charge on any atom is 0.275 e. The lowest BCUT2D eigenvalue weighted by atomic mass is 10.2. The molecule has 3 rings (SSSR count). The Hall–Kier alpha value is -3.23. The molecule has 9 heteroatoms. The number of aromatic hydroxyl groups is 1. The van der Waals surface area contributed by atoms with Gasteiger partial charge in [0.15, 0.2) is 5.69 Å². The van der Waals surface area contributed by atoms with Crippen molar-refractivity contribution >= 4 is 34.4 Å². The van der Waals surface area contributed by atoms with Crippen LogP contribution in [0, 0.1) is 0 Å². The van der Waals surface area contributed by atoms with Gasteiger partial charge in [-0.25, -0.2) is 0 Å². The Bertz CT molecular complexity index is 910. The van der Waals surface area contributed by atoms with Gasteiger partial charge in [-0.1, -0.05) is 18.2 Å². The molecule has 136 valence electrons. The summed E-state index contributed by atoms with van der Waals surface area (Å²) in [7, 11) is 0. The fourth-order valence-corrected chi connectivity index (χ4v) is 2.67. The fourth-order valence-electron chi connectivity index (χ4n) is 2.67. The summed E-state index contributed by atoms with van der Waals surface area (Å²) >= 11 is 0. The van der Waals surface area contributed by atoms with E-state index in [1.54, 1.807) is 4.57 Å². The first kappa shape index (κ1) is 17.6. The smallest absolute Gasteiger partial charge is 0.275 e. The number of anilines is 2. The summed E-state index contributed by atoms with van der Waals surface area (Å²) in [6, 6.07) is 7.66. The van der Waals surface area contributed by atoms with Crippen molar-refractivity contribution < 1.29 is 5.11 Å². The Balaban J connectivity index is 2.02. The first-order chi connectivity index (χ1) is 12.7. The van der Waals surface area contributed by atoms with E-state index in [0.29, 0.717) is 37.2 Å². The first-order valence-electron chi connectivity index (χ1n) is 8.63. The van der Waals surface area contributed by atoms with Gasteiger partial charge >= 0.3 is 0 Å². The van der Waals surface area contributed by atoms with Crippen molar-refractivity contribution in [2.45, 2.75) is 27.3 Å². The fraction of sp³-hybridized carbons (Fsp3) is 0.353. The Morgan fingerprint density at radius 1 is 0.962 bits per heavy atom. The van der Waals surface area contributed by atoms with Crippen molar-refractivity contribution in [1.82, 2.24) is 19.5 Å². The Morgan fingerprint density at radius 2 is 1.62 bits per heavy atom. The van der Waals surface area contributed by atoms with E-state index < -0.39 is 0 Å². The van der Waals surface area contributed by atoms with Crippen LogP contribution in [0.15, 0.2) is 34.5 Å². The molecule has 0 unspecified atom stereocenters. The number of nitrogens with zero attached hydrogens (tertiary/aromatic N) is 6. The number of azo groups is 1. The zero-order valence-electron chi connectivity index (χ0n) is 15.1. The second-order valence-corrected chi connectivity index (χ2v) is 5.48. The van der Waals surface area contributed by atoms with Gasteiger partial charge in [-0.3, -0.25) is 0 Å². The quantitative estimate of drug-likeness (QED) is 0.556. The number of aromatic nitrogens is 4. The minimum absolute atomic E-state index is 0.0744. The van der Waals surface area contributed by atoms with E-state index >= 15 is 0 Å². The van der Waals surface area contributed by atoms with Crippen LogP contribution in [0.2, 0.25) is 0 Å². The van der Waals surface area contributed by atoms with Gasteiger partial charge in [-0.05, 0) is 26.8 Å². The summed E-state index contributed by atoms with van der Waals surface area (Å²) in [6.45, 7) is 7.85. The molecule has 3 aromatic rings. The number of hydrogen-bond donors (Lipinski definition) is 3. The van der Waals surface area contributed by atoms with Gasteiger partial charge < -0.3 is 20.3 Å². The molecule has 0 amide bonds. The van der Waals surface area contributed by atoms with Gasteiger partial charge in [0.05, 0.1) is 5.52 Å². The van der Waals surface area contributed by atoms with Crippen LogP contribution < -0.4 is 10.6 Å². The Morgan fingerprint density at radius 3 is 2.23 bits per heavy atom. The van der Waals surface area contributed by atoms with Crippen molar-refractivity contribution in [2.24, 2.45) is 10.2 Å². The van der Waals surface area contributed by atoms with Crippen LogP contribution in [0.5, 0.6) is 5.88 Å². The molecule has 26 heavy (non-hydrogen) atoms. The van der Waals surface area contributed by atoms with Gasteiger partial charge in [0, 0.05) is 25.0 Å². The van der Waals surface area contributed by atoms with Crippen LogP contribution in [0.1, 0.15) is 20.8 Å². The summed E-state index contributed by atoms with van der Waals surface area (Å²) in [6.07, 6.45) is 0. The lowest BCUT2D eigenvalue weighted by Gasteiger charge is -2.05. The average Bonchev–Trinajstić information content (AvgIpc) is 2.91. The Kier molecular flexibility index (Phi) is 5.26. The minimum atomic E-state index is 0.0744. The molecule has 0 atom stereocenters. The summed E-state index contributed by atoms with van der Waals surface area (Å²) < 4.78 is 1.78. The topological polar surface area (TPSA) is 113 Å². The standard InChI is InChI=1S/C17H22N8O/c1-4-18-15-20-16(19-5-2)22-17(21-15)24-23-13-11-9-7-8-10-12(11)25(6-3)14(13)26/h7-10,26H,4-6H2,1-3H3,(H2,18,19,20,21,22). The van der Waals surface area contributed by atoms with E-state index in [9.17, 15) is 5.11 Å². The molecule has 0 aliphatic rings. The molecular formula is C17H22N8O. The van der Waals surface area contributed by atoms with Crippen LogP contribution >= 0.6 is 0 Å². The molecule has 9 nitrogen and oxygen atoms in total. The highest BCUT2D eigenvalue weighted by atomic mass is 16.3. The predicted octanol–water partition coefficient (Wildman–Crippen LogP) is 3.83. The van der Waals surface area contributed by atoms with Gasteiger partial charge in [-0.15, -0.1) is 10.2 Å². The summed E-state index contributed by atoms with van der Waals surface area (Å²) in [5.74, 6) is 1.09. The van der Waals surface area contributed by atoms with Crippen molar-refractivity contribution in [3.63, 3.8) is 0 Å². The molecule has 0 spiro atoms. The largest absolute Gasteiger partial charge is 0.493 e. The highest BCUT2D eigenvalue weighted by Crippen LogP contribution is 2.39. The molecular weight excluding hydrogens is 332 g/mol. The van der Waals surface area contributed by atoms with Crippen LogP contribution in [-0.2, 0) is 6.54 Å².